The van der Waals surface area contributed by atoms with Gasteiger partial charge in [0.15, 0.2) is 11.5 Å². The molecule has 1 amide bonds. The highest BCUT2D eigenvalue weighted by atomic mass is 32.1. The summed E-state index contributed by atoms with van der Waals surface area (Å²) in [6.07, 6.45) is 7.82. The molecule has 2 aromatic heterocycles. The predicted molar refractivity (Wildman–Crippen MR) is 135 cm³/mol. The van der Waals surface area contributed by atoms with E-state index in [9.17, 15) is 9.59 Å². The van der Waals surface area contributed by atoms with Crippen molar-refractivity contribution in [2.45, 2.75) is 32.2 Å². The molecule has 8 nitrogen and oxygen atoms in total. The van der Waals surface area contributed by atoms with Gasteiger partial charge in [0.1, 0.15) is 23.9 Å². The van der Waals surface area contributed by atoms with Gasteiger partial charge in [0, 0.05) is 37.1 Å². The largest absolute Gasteiger partial charge is 0.486 e. The van der Waals surface area contributed by atoms with Gasteiger partial charge in [-0.3, -0.25) is 14.5 Å². The van der Waals surface area contributed by atoms with Crippen molar-refractivity contribution in [3.8, 4) is 11.5 Å². The highest BCUT2D eigenvalue weighted by Crippen LogP contribution is 2.33. The molecule has 2 aliphatic heterocycles. The lowest BCUT2D eigenvalue weighted by Gasteiger charge is -2.33. The minimum absolute atomic E-state index is 0.00310. The number of nitrogens with zero attached hydrogens (tertiary/aromatic N) is 3. The zero-order valence-electron chi connectivity index (χ0n) is 19.5. The molecule has 0 atom stereocenters. The van der Waals surface area contributed by atoms with Gasteiger partial charge < -0.3 is 19.4 Å². The molecular weight excluding hydrogens is 464 g/mol. The van der Waals surface area contributed by atoms with Gasteiger partial charge >= 0.3 is 0 Å². The third-order valence-corrected chi connectivity index (χ3v) is 8.10. The van der Waals surface area contributed by atoms with E-state index in [1.54, 1.807) is 17.4 Å². The fourth-order valence-electron chi connectivity index (χ4n) is 5.06. The van der Waals surface area contributed by atoms with E-state index in [0.29, 0.717) is 44.4 Å². The number of piperazine rings is 1. The average Bonchev–Trinajstić information content (AvgIpc) is 3.26. The molecule has 0 radical (unpaired) electrons. The van der Waals surface area contributed by atoms with E-state index in [0.717, 1.165) is 53.9 Å². The first kappa shape index (κ1) is 22.3. The summed E-state index contributed by atoms with van der Waals surface area (Å²) in [5.41, 5.74) is 2.11. The van der Waals surface area contributed by atoms with E-state index < -0.39 is 0 Å². The molecule has 0 unspecified atom stereocenters. The number of aromatic nitrogens is 2. The number of hydrogen-bond acceptors (Lipinski definition) is 7. The Labute approximate surface area is 207 Å². The van der Waals surface area contributed by atoms with Gasteiger partial charge in [-0.25, -0.2) is 4.98 Å². The van der Waals surface area contributed by atoms with Crippen LogP contribution in [0.1, 0.15) is 34.7 Å². The number of aromatic amines is 1. The average molecular weight is 493 g/mol. The van der Waals surface area contributed by atoms with Crippen molar-refractivity contribution >= 4 is 33.5 Å². The van der Waals surface area contributed by atoms with Crippen molar-refractivity contribution in [3.63, 3.8) is 0 Å². The highest BCUT2D eigenvalue weighted by Gasteiger charge is 2.23. The maximum absolute atomic E-state index is 12.8. The summed E-state index contributed by atoms with van der Waals surface area (Å²) in [6.45, 7) is 4.45. The number of thiophene rings is 1. The molecule has 1 aliphatic carbocycles. The Morgan fingerprint density at radius 2 is 1.89 bits per heavy atom. The monoisotopic (exact) mass is 492 g/mol. The van der Waals surface area contributed by atoms with Crippen LogP contribution >= 0.6 is 11.3 Å². The van der Waals surface area contributed by atoms with Crippen LogP contribution in [0.4, 0.5) is 0 Å². The molecule has 0 saturated carbocycles. The van der Waals surface area contributed by atoms with Crippen molar-refractivity contribution in [1.29, 1.82) is 0 Å². The number of ether oxygens (including phenoxy) is 2. The second-order valence-corrected chi connectivity index (χ2v) is 10.3. The summed E-state index contributed by atoms with van der Waals surface area (Å²) in [7, 11) is 0. The van der Waals surface area contributed by atoms with Crippen molar-refractivity contribution in [3.05, 3.63) is 56.5 Å². The molecule has 4 heterocycles. The Hall–Kier alpha value is -3.17. The van der Waals surface area contributed by atoms with Gasteiger partial charge in [0.2, 0.25) is 5.91 Å². The molecule has 1 fully saturated rings. The SMILES string of the molecule is O=C(/C=C/c1ccc2c(c1)OCCO2)N1CCN(Cc2nc3sc4c(c3c(=O)[nH]2)CCCC4)CC1. The van der Waals surface area contributed by atoms with E-state index in [1.165, 1.54) is 16.9 Å². The third kappa shape index (κ3) is 4.58. The molecule has 35 heavy (non-hydrogen) atoms. The number of carbonyl (C=O) groups excluding carboxylic acids is 1. The van der Waals surface area contributed by atoms with Crippen molar-refractivity contribution < 1.29 is 14.3 Å². The van der Waals surface area contributed by atoms with Crippen molar-refractivity contribution in [2.24, 2.45) is 0 Å². The molecule has 1 saturated heterocycles. The first-order valence-corrected chi connectivity index (χ1v) is 13.1. The van der Waals surface area contributed by atoms with Crippen LogP contribution in [0.25, 0.3) is 16.3 Å². The lowest BCUT2D eigenvalue weighted by molar-refractivity contribution is -0.127. The first-order valence-electron chi connectivity index (χ1n) is 12.3. The number of aryl methyl sites for hydroxylation is 2. The molecule has 1 aromatic carbocycles. The fraction of sp³-hybridized carbons (Fsp3) is 0.423. The number of fused-ring (bicyclic) bond motifs is 4. The maximum Gasteiger partial charge on any atom is 0.259 e. The van der Waals surface area contributed by atoms with Crippen LogP contribution in [0.15, 0.2) is 29.1 Å². The van der Waals surface area contributed by atoms with Gasteiger partial charge in [0.05, 0.1) is 11.9 Å². The number of hydrogen-bond donors (Lipinski definition) is 1. The minimum Gasteiger partial charge on any atom is -0.486 e. The van der Waals surface area contributed by atoms with Gasteiger partial charge in [0.25, 0.3) is 5.56 Å². The summed E-state index contributed by atoms with van der Waals surface area (Å²) in [6, 6.07) is 5.69. The molecule has 0 bridgehead atoms. The second-order valence-electron chi connectivity index (χ2n) is 9.24. The standard InChI is InChI=1S/C26H28N4O4S/c31-23(8-6-17-5-7-19-20(15-17)34-14-13-33-19)30-11-9-29(10-12-30)16-22-27-25(32)24-18-3-1-2-4-21(18)35-26(24)28-22/h5-8,15H,1-4,9-14,16H2,(H,27,28,32)/b8-6+. The molecule has 6 rings (SSSR count). The molecule has 3 aliphatic rings. The maximum atomic E-state index is 12.8. The van der Waals surface area contributed by atoms with Gasteiger partial charge in [-0.05, 0) is 55.0 Å². The van der Waals surface area contributed by atoms with Crippen LogP contribution in [-0.4, -0.2) is 65.1 Å². The van der Waals surface area contributed by atoms with Crippen molar-refractivity contribution in [2.75, 3.05) is 39.4 Å². The number of H-pyrrole nitrogens is 1. The summed E-state index contributed by atoms with van der Waals surface area (Å²) >= 11 is 1.68. The first-order chi connectivity index (χ1) is 17.1. The van der Waals surface area contributed by atoms with Crippen molar-refractivity contribution in [1.82, 2.24) is 19.8 Å². The second kappa shape index (κ2) is 9.47. The van der Waals surface area contributed by atoms with Crippen LogP contribution in [0.3, 0.4) is 0 Å². The van der Waals surface area contributed by atoms with Gasteiger partial charge in [-0.15, -0.1) is 11.3 Å². The topological polar surface area (TPSA) is 87.8 Å². The zero-order valence-corrected chi connectivity index (χ0v) is 20.4. The number of carbonyl (C=O) groups is 1. The van der Waals surface area contributed by atoms with Crippen LogP contribution in [0.5, 0.6) is 11.5 Å². The van der Waals surface area contributed by atoms with E-state index in [1.807, 2.05) is 29.2 Å². The van der Waals surface area contributed by atoms with E-state index in [4.69, 9.17) is 14.5 Å². The van der Waals surface area contributed by atoms with Crippen LogP contribution in [0, 0.1) is 0 Å². The quantitative estimate of drug-likeness (QED) is 0.564. The minimum atomic E-state index is -0.0116. The Bertz CT molecular complexity index is 1350. The summed E-state index contributed by atoms with van der Waals surface area (Å²) in [4.78, 5) is 39.6. The fourth-order valence-corrected chi connectivity index (χ4v) is 6.34. The lowest BCUT2D eigenvalue weighted by atomic mass is 9.97. The Morgan fingerprint density at radius 3 is 2.74 bits per heavy atom. The molecular formula is C26H28N4O4S. The van der Waals surface area contributed by atoms with Gasteiger partial charge in [-0.2, -0.15) is 0 Å². The Kier molecular flexibility index (Phi) is 6.03. The summed E-state index contributed by atoms with van der Waals surface area (Å²) in [5.74, 6) is 2.16. The summed E-state index contributed by atoms with van der Waals surface area (Å²) in [5, 5.41) is 0.800. The summed E-state index contributed by atoms with van der Waals surface area (Å²) < 4.78 is 11.2. The number of rotatable bonds is 4. The third-order valence-electron chi connectivity index (χ3n) is 6.92. The highest BCUT2D eigenvalue weighted by molar-refractivity contribution is 7.18. The number of nitrogens with one attached hydrogen (secondary N) is 1. The molecule has 0 spiro atoms. The molecule has 3 aromatic rings. The zero-order chi connectivity index (χ0) is 23.8. The van der Waals surface area contributed by atoms with Crippen LogP contribution in [-0.2, 0) is 24.2 Å². The van der Waals surface area contributed by atoms with E-state index in [2.05, 4.69) is 9.88 Å². The molecule has 182 valence electrons. The Morgan fingerprint density at radius 1 is 1.09 bits per heavy atom. The van der Waals surface area contributed by atoms with Crippen LogP contribution < -0.4 is 15.0 Å². The smallest absolute Gasteiger partial charge is 0.259 e. The van der Waals surface area contributed by atoms with Crippen LogP contribution in [0.2, 0.25) is 0 Å². The lowest BCUT2D eigenvalue weighted by Crippen LogP contribution is -2.48. The van der Waals surface area contributed by atoms with E-state index in [-0.39, 0.29) is 11.5 Å². The normalized spacial score (nSPS) is 18.2. The number of benzene rings is 1. The predicted octanol–water partition coefficient (Wildman–Crippen LogP) is 2.99. The number of amides is 1. The molecule has 1 N–H and O–H groups in total. The molecule has 9 heteroatoms. The van der Waals surface area contributed by atoms with Gasteiger partial charge in [-0.1, -0.05) is 6.07 Å². The Balaban J connectivity index is 1.07. The van der Waals surface area contributed by atoms with E-state index >= 15 is 0 Å².